The summed E-state index contributed by atoms with van der Waals surface area (Å²) in [5.74, 6) is -0.0198. The lowest BCUT2D eigenvalue weighted by molar-refractivity contribution is -0.151. The van der Waals surface area contributed by atoms with Crippen molar-refractivity contribution in [1.29, 1.82) is 0 Å². The van der Waals surface area contributed by atoms with E-state index >= 15 is 0 Å². The minimum absolute atomic E-state index is 0.0198. The molecule has 124 valence electrons. The zero-order valence-electron chi connectivity index (χ0n) is 14.0. The molecule has 1 atom stereocenters. The number of ether oxygens (including phenoxy) is 1. The van der Waals surface area contributed by atoms with Crippen LogP contribution in [-0.2, 0) is 9.53 Å². The molecule has 1 saturated heterocycles. The molecule has 0 saturated carbocycles. The Morgan fingerprint density at radius 3 is 2.43 bits per heavy atom. The Morgan fingerprint density at radius 2 is 1.90 bits per heavy atom. The Labute approximate surface area is 138 Å². The Bertz CT molecular complexity index is 303. The van der Waals surface area contributed by atoms with Crippen molar-refractivity contribution in [2.75, 3.05) is 25.0 Å². The van der Waals surface area contributed by atoms with E-state index in [1.165, 1.54) is 32.1 Å². The highest BCUT2D eigenvalue weighted by Gasteiger charge is 2.36. The monoisotopic (exact) mass is 361 g/mol. The van der Waals surface area contributed by atoms with Crippen LogP contribution in [-0.4, -0.2) is 41.9 Å². The van der Waals surface area contributed by atoms with Crippen molar-refractivity contribution in [3.05, 3.63) is 0 Å². The summed E-state index contributed by atoms with van der Waals surface area (Å²) in [5, 5.41) is 1.02. The van der Waals surface area contributed by atoms with E-state index in [9.17, 15) is 4.79 Å². The molecule has 0 N–H and O–H groups in total. The van der Waals surface area contributed by atoms with Crippen molar-refractivity contribution in [2.45, 2.75) is 71.8 Å². The number of carbonyl (C=O) groups excluding carboxylic acids is 1. The Balaban J connectivity index is 2.79. The Hall–Kier alpha value is -0.0900. The first-order chi connectivity index (χ1) is 10.1. The van der Waals surface area contributed by atoms with Crippen molar-refractivity contribution in [3.63, 3.8) is 0 Å². The molecular weight excluding hydrogens is 330 g/mol. The maximum Gasteiger partial charge on any atom is 0.323 e. The second-order valence-corrected chi connectivity index (χ2v) is 6.93. The minimum atomic E-state index is -0.0224. The summed E-state index contributed by atoms with van der Waals surface area (Å²) >= 11 is 3.75. The van der Waals surface area contributed by atoms with Crippen LogP contribution in [0.15, 0.2) is 0 Å². The lowest BCUT2D eigenvalue weighted by Crippen LogP contribution is -2.50. The van der Waals surface area contributed by atoms with Crippen LogP contribution < -0.4 is 0 Å². The first kappa shape index (κ1) is 19.0. The summed E-state index contributed by atoms with van der Waals surface area (Å²) in [5.41, 5.74) is 0.297. The Morgan fingerprint density at radius 1 is 1.24 bits per heavy atom. The molecule has 0 aromatic heterocycles. The molecule has 1 aliphatic rings. The normalized spacial score (nSPS) is 20.5. The summed E-state index contributed by atoms with van der Waals surface area (Å²) < 4.78 is 5.29. The maximum absolute atomic E-state index is 12.2. The van der Waals surface area contributed by atoms with E-state index in [-0.39, 0.29) is 12.0 Å². The third kappa shape index (κ3) is 5.55. The molecule has 3 nitrogen and oxygen atoms in total. The van der Waals surface area contributed by atoms with Gasteiger partial charge in [-0.3, -0.25) is 9.69 Å². The number of halogens is 1. The van der Waals surface area contributed by atoms with Crippen LogP contribution in [0.25, 0.3) is 0 Å². The highest BCUT2D eigenvalue weighted by atomic mass is 79.9. The molecule has 0 radical (unpaired) electrons. The van der Waals surface area contributed by atoms with Gasteiger partial charge in [0, 0.05) is 11.9 Å². The second kappa shape index (κ2) is 9.83. The van der Waals surface area contributed by atoms with Crippen LogP contribution in [0.2, 0.25) is 0 Å². The van der Waals surface area contributed by atoms with Gasteiger partial charge in [0.1, 0.15) is 6.04 Å². The maximum atomic E-state index is 12.2. The smallest absolute Gasteiger partial charge is 0.323 e. The predicted molar refractivity (Wildman–Crippen MR) is 91.9 cm³/mol. The quantitative estimate of drug-likeness (QED) is 0.450. The molecule has 1 aliphatic heterocycles. The number of likely N-dealkylation sites (tertiary alicyclic amines) is 1. The minimum Gasteiger partial charge on any atom is -0.465 e. The van der Waals surface area contributed by atoms with E-state index in [1.807, 2.05) is 6.92 Å². The van der Waals surface area contributed by atoms with E-state index in [0.717, 1.165) is 31.3 Å². The zero-order chi connectivity index (χ0) is 15.7. The number of rotatable bonds is 9. The topological polar surface area (TPSA) is 29.5 Å². The zero-order valence-corrected chi connectivity index (χ0v) is 15.6. The largest absolute Gasteiger partial charge is 0.465 e. The molecule has 0 spiro atoms. The standard InChI is InChI=1S/C17H32BrNO2/c1-4-10-17(13-18,11-5-2)14-19-12-8-7-9-15(19)16(20)21-6-3/h15H,4-14H2,1-3H3. The summed E-state index contributed by atoms with van der Waals surface area (Å²) in [6.45, 7) is 8.94. The van der Waals surface area contributed by atoms with Crippen molar-refractivity contribution < 1.29 is 9.53 Å². The van der Waals surface area contributed by atoms with Gasteiger partial charge in [0.15, 0.2) is 0 Å². The number of alkyl halides is 1. The number of nitrogens with zero attached hydrogens (tertiary/aromatic N) is 1. The number of hydrogen-bond donors (Lipinski definition) is 0. The SMILES string of the molecule is CCCC(CBr)(CCC)CN1CCCCC1C(=O)OCC. The van der Waals surface area contributed by atoms with E-state index in [1.54, 1.807) is 0 Å². The summed E-state index contributed by atoms with van der Waals surface area (Å²) in [6, 6.07) is -0.0224. The molecule has 0 aliphatic carbocycles. The number of piperidine rings is 1. The van der Waals surface area contributed by atoms with Crippen molar-refractivity contribution in [3.8, 4) is 0 Å². The fourth-order valence-corrected chi connectivity index (χ4v) is 4.37. The van der Waals surface area contributed by atoms with Gasteiger partial charge in [0.05, 0.1) is 6.61 Å². The average Bonchev–Trinajstić information content (AvgIpc) is 2.48. The van der Waals surface area contributed by atoms with Gasteiger partial charge in [-0.2, -0.15) is 0 Å². The third-order valence-electron chi connectivity index (χ3n) is 4.55. The summed E-state index contributed by atoms with van der Waals surface area (Å²) in [7, 11) is 0. The van der Waals surface area contributed by atoms with Crippen LogP contribution in [0.1, 0.15) is 65.7 Å². The van der Waals surface area contributed by atoms with Gasteiger partial charge in [-0.05, 0) is 44.6 Å². The lowest BCUT2D eigenvalue weighted by Gasteiger charge is -2.42. The van der Waals surface area contributed by atoms with Gasteiger partial charge in [0.2, 0.25) is 0 Å². The van der Waals surface area contributed by atoms with Crippen LogP contribution in [0.3, 0.4) is 0 Å². The highest BCUT2D eigenvalue weighted by molar-refractivity contribution is 9.09. The molecule has 1 fully saturated rings. The molecule has 21 heavy (non-hydrogen) atoms. The summed E-state index contributed by atoms with van der Waals surface area (Å²) in [4.78, 5) is 14.6. The van der Waals surface area contributed by atoms with Crippen molar-refractivity contribution >= 4 is 21.9 Å². The fourth-order valence-electron chi connectivity index (χ4n) is 3.64. The average molecular weight is 362 g/mol. The van der Waals surface area contributed by atoms with Crippen LogP contribution in [0.5, 0.6) is 0 Å². The molecule has 1 heterocycles. The molecule has 0 bridgehead atoms. The van der Waals surface area contributed by atoms with Gasteiger partial charge in [0.25, 0.3) is 0 Å². The van der Waals surface area contributed by atoms with E-state index < -0.39 is 0 Å². The van der Waals surface area contributed by atoms with E-state index in [4.69, 9.17) is 4.74 Å². The number of hydrogen-bond acceptors (Lipinski definition) is 3. The van der Waals surface area contributed by atoms with Crippen LogP contribution in [0, 0.1) is 5.41 Å². The van der Waals surface area contributed by atoms with Gasteiger partial charge < -0.3 is 4.74 Å². The summed E-state index contributed by atoms with van der Waals surface area (Å²) in [6.07, 6.45) is 8.13. The first-order valence-electron chi connectivity index (χ1n) is 8.59. The van der Waals surface area contributed by atoms with E-state index in [0.29, 0.717) is 12.0 Å². The second-order valence-electron chi connectivity index (χ2n) is 6.37. The number of esters is 1. The molecular formula is C17H32BrNO2. The molecule has 1 unspecified atom stereocenters. The molecule has 0 aromatic carbocycles. The predicted octanol–water partition coefficient (Wildman–Crippen LogP) is 4.39. The van der Waals surface area contributed by atoms with Gasteiger partial charge in [-0.25, -0.2) is 0 Å². The number of carbonyl (C=O) groups is 1. The third-order valence-corrected chi connectivity index (χ3v) is 5.74. The molecule has 4 heteroatoms. The van der Waals surface area contributed by atoms with Gasteiger partial charge >= 0.3 is 5.97 Å². The van der Waals surface area contributed by atoms with Gasteiger partial charge in [-0.1, -0.05) is 49.0 Å². The molecule has 0 amide bonds. The lowest BCUT2D eigenvalue weighted by atomic mass is 9.80. The van der Waals surface area contributed by atoms with E-state index in [2.05, 4.69) is 34.7 Å². The van der Waals surface area contributed by atoms with Crippen molar-refractivity contribution in [1.82, 2.24) is 4.90 Å². The van der Waals surface area contributed by atoms with Crippen molar-refractivity contribution in [2.24, 2.45) is 5.41 Å². The van der Waals surface area contributed by atoms with Crippen LogP contribution in [0.4, 0.5) is 0 Å². The Kier molecular flexibility index (Phi) is 8.88. The molecule has 1 rings (SSSR count). The first-order valence-corrected chi connectivity index (χ1v) is 9.71. The fraction of sp³-hybridized carbons (Fsp3) is 0.941. The highest BCUT2D eigenvalue weighted by Crippen LogP contribution is 2.35. The van der Waals surface area contributed by atoms with Gasteiger partial charge in [-0.15, -0.1) is 0 Å². The van der Waals surface area contributed by atoms with Crippen LogP contribution >= 0.6 is 15.9 Å². The molecule has 0 aromatic rings.